The van der Waals surface area contributed by atoms with Crippen LogP contribution in [0.25, 0.3) is 11.0 Å². The molecule has 158 valence electrons. The third-order valence-electron chi connectivity index (χ3n) is 4.59. The lowest BCUT2D eigenvalue weighted by atomic mass is 10.2. The Hall–Kier alpha value is -2.76. The van der Waals surface area contributed by atoms with Crippen molar-refractivity contribution in [2.75, 3.05) is 12.5 Å². The summed E-state index contributed by atoms with van der Waals surface area (Å²) in [5, 5.41) is 8.71. The predicted molar refractivity (Wildman–Crippen MR) is 112 cm³/mol. The van der Waals surface area contributed by atoms with Gasteiger partial charge in [0.05, 0.1) is 21.7 Å². The third-order valence-corrected chi connectivity index (χ3v) is 6.48. The molecular weight excluding hydrogens is 428 g/mol. The smallest absolute Gasteiger partial charge is 0.238 e. The topological polar surface area (TPSA) is 126 Å². The lowest BCUT2D eigenvalue weighted by molar-refractivity contribution is -0.118. The SMILES string of the molecule is CCn1c(SCC(=O)NCc2ccc3c(c2)OCO3)nc2cc(S(N)(=O)=O)ccc21. The molecule has 3 N–H and O–H groups in total. The number of thioether (sulfide) groups is 1. The van der Waals surface area contributed by atoms with E-state index in [9.17, 15) is 13.2 Å². The first-order valence-electron chi connectivity index (χ1n) is 9.16. The molecule has 1 aromatic heterocycles. The molecule has 1 aliphatic rings. The number of imidazole rings is 1. The molecular formula is C19H20N4O5S2. The Balaban J connectivity index is 1.41. The van der Waals surface area contributed by atoms with Crippen molar-refractivity contribution >= 4 is 38.7 Å². The second-order valence-corrected chi connectivity index (χ2v) is 9.09. The summed E-state index contributed by atoms with van der Waals surface area (Å²) >= 11 is 1.29. The molecule has 2 aromatic carbocycles. The minimum atomic E-state index is -3.80. The van der Waals surface area contributed by atoms with Gasteiger partial charge in [0.25, 0.3) is 0 Å². The van der Waals surface area contributed by atoms with Gasteiger partial charge in [-0.25, -0.2) is 18.5 Å². The molecule has 0 spiro atoms. The van der Waals surface area contributed by atoms with Crippen LogP contribution in [0.2, 0.25) is 0 Å². The van der Waals surface area contributed by atoms with E-state index in [0.29, 0.717) is 35.3 Å². The number of rotatable bonds is 7. The van der Waals surface area contributed by atoms with Crippen LogP contribution in [0.5, 0.6) is 11.5 Å². The van der Waals surface area contributed by atoms with Crippen LogP contribution in [0.3, 0.4) is 0 Å². The molecule has 0 unspecified atom stereocenters. The number of benzene rings is 2. The number of ether oxygens (including phenoxy) is 2. The van der Waals surface area contributed by atoms with Crippen LogP contribution < -0.4 is 19.9 Å². The van der Waals surface area contributed by atoms with Gasteiger partial charge in [0.15, 0.2) is 16.7 Å². The van der Waals surface area contributed by atoms with Gasteiger partial charge in [0, 0.05) is 13.1 Å². The van der Waals surface area contributed by atoms with E-state index in [1.807, 2.05) is 29.7 Å². The first kappa shape index (κ1) is 20.5. The van der Waals surface area contributed by atoms with E-state index in [4.69, 9.17) is 14.6 Å². The molecule has 0 saturated heterocycles. The van der Waals surface area contributed by atoms with Gasteiger partial charge in [-0.15, -0.1) is 0 Å². The van der Waals surface area contributed by atoms with Crippen LogP contribution in [0.15, 0.2) is 46.5 Å². The van der Waals surface area contributed by atoms with Crippen molar-refractivity contribution in [3.05, 3.63) is 42.0 Å². The number of nitrogens with zero attached hydrogens (tertiary/aromatic N) is 2. The number of hydrogen-bond donors (Lipinski definition) is 2. The highest BCUT2D eigenvalue weighted by Gasteiger charge is 2.16. The van der Waals surface area contributed by atoms with Gasteiger partial charge < -0.3 is 19.4 Å². The maximum atomic E-state index is 12.3. The Morgan fingerprint density at radius 3 is 2.80 bits per heavy atom. The van der Waals surface area contributed by atoms with Gasteiger partial charge in [0.1, 0.15) is 0 Å². The average molecular weight is 449 g/mol. The monoisotopic (exact) mass is 448 g/mol. The Kier molecular flexibility index (Phi) is 5.58. The molecule has 0 bridgehead atoms. The van der Waals surface area contributed by atoms with Crippen molar-refractivity contribution in [2.24, 2.45) is 5.14 Å². The second-order valence-electron chi connectivity index (χ2n) is 6.59. The van der Waals surface area contributed by atoms with Crippen molar-refractivity contribution in [1.82, 2.24) is 14.9 Å². The fourth-order valence-corrected chi connectivity index (χ4v) is 4.55. The Morgan fingerprint density at radius 1 is 1.23 bits per heavy atom. The standard InChI is InChI=1S/C19H20N4O5S2/c1-2-23-15-5-4-13(30(20,25)26)8-14(15)22-19(23)29-10-18(24)21-9-12-3-6-16-17(7-12)28-11-27-16/h3-8H,2,9-11H2,1H3,(H,21,24)(H2,20,25,26). The summed E-state index contributed by atoms with van der Waals surface area (Å²) in [4.78, 5) is 16.8. The number of hydrogen-bond acceptors (Lipinski definition) is 7. The number of nitrogens with one attached hydrogen (secondary N) is 1. The number of aryl methyl sites for hydroxylation is 1. The largest absolute Gasteiger partial charge is 0.454 e. The average Bonchev–Trinajstić information content (AvgIpc) is 3.32. The summed E-state index contributed by atoms with van der Waals surface area (Å²) in [6.07, 6.45) is 0. The fourth-order valence-electron chi connectivity index (χ4n) is 3.11. The zero-order chi connectivity index (χ0) is 21.3. The molecule has 11 heteroatoms. The molecule has 30 heavy (non-hydrogen) atoms. The van der Waals surface area contributed by atoms with E-state index in [1.54, 1.807) is 6.07 Å². The van der Waals surface area contributed by atoms with E-state index >= 15 is 0 Å². The number of aromatic nitrogens is 2. The van der Waals surface area contributed by atoms with Crippen LogP contribution in [-0.4, -0.2) is 36.4 Å². The molecule has 3 aromatic rings. The highest BCUT2D eigenvalue weighted by Crippen LogP contribution is 2.32. The quantitative estimate of drug-likeness (QED) is 0.528. The molecule has 0 saturated carbocycles. The van der Waals surface area contributed by atoms with E-state index in [-0.39, 0.29) is 23.3 Å². The molecule has 4 rings (SSSR count). The Bertz CT molecular complexity index is 1220. The molecule has 0 fully saturated rings. The summed E-state index contributed by atoms with van der Waals surface area (Å²) in [6.45, 7) is 3.17. The first-order valence-corrected chi connectivity index (χ1v) is 11.7. The summed E-state index contributed by atoms with van der Waals surface area (Å²) in [5.41, 5.74) is 2.22. The lowest BCUT2D eigenvalue weighted by Crippen LogP contribution is -2.24. The molecule has 0 atom stereocenters. The normalized spacial score (nSPS) is 13.0. The van der Waals surface area contributed by atoms with E-state index in [0.717, 1.165) is 11.1 Å². The maximum absolute atomic E-state index is 12.3. The Morgan fingerprint density at radius 2 is 2.03 bits per heavy atom. The van der Waals surface area contributed by atoms with Gasteiger partial charge in [-0.2, -0.15) is 0 Å². The van der Waals surface area contributed by atoms with Gasteiger partial charge in [-0.05, 0) is 42.8 Å². The zero-order valence-electron chi connectivity index (χ0n) is 16.1. The van der Waals surface area contributed by atoms with Crippen molar-refractivity contribution in [3.8, 4) is 11.5 Å². The van der Waals surface area contributed by atoms with Crippen molar-refractivity contribution in [1.29, 1.82) is 0 Å². The molecule has 1 aliphatic heterocycles. The minimum Gasteiger partial charge on any atom is -0.454 e. The molecule has 9 nitrogen and oxygen atoms in total. The van der Waals surface area contributed by atoms with Gasteiger partial charge in [-0.3, -0.25) is 4.79 Å². The van der Waals surface area contributed by atoms with Gasteiger partial charge in [-0.1, -0.05) is 17.8 Å². The molecule has 1 amide bonds. The second kappa shape index (κ2) is 8.17. The highest BCUT2D eigenvalue weighted by atomic mass is 32.2. The van der Waals surface area contributed by atoms with E-state index in [2.05, 4.69) is 10.3 Å². The van der Waals surface area contributed by atoms with Gasteiger partial charge in [0.2, 0.25) is 22.7 Å². The lowest BCUT2D eigenvalue weighted by Gasteiger charge is -2.07. The van der Waals surface area contributed by atoms with E-state index < -0.39 is 10.0 Å². The Labute approximate surface area is 177 Å². The summed E-state index contributed by atoms with van der Waals surface area (Å²) in [7, 11) is -3.80. The van der Waals surface area contributed by atoms with Crippen molar-refractivity contribution in [2.45, 2.75) is 30.1 Å². The summed E-state index contributed by atoms with van der Waals surface area (Å²) < 4.78 is 35.7. The van der Waals surface area contributed by atoms with Crippen LogP contribution in [0.4, 0.5) is 0 Å². The third kappa shape index (κ3) is 4.23. The fraction of sp³-hybridized carbons (Fsp3) is 0.263. The molecule has 2 heterocycles. The van der Waals surface area contributed by atoms with Crippen LogP contribution in [0, 0.1) is 0 Å². The number of sulfonamides is 1. The maximum Gasteiger partial charge on any atom is 0.238 e. The first-order chi connectivity index (χ1) is 14.3. The number of carbonyl (C=O) groups is 1. The number of fused-ring (bicyclic) bond motifs is 2. The molecule has 0 aliphatic carbocycles. The van der Waals surface area contributed by atoms with Crippen molar-refractivity contribution < 1.29 is 22.7 Å². The summed E-state index contributed by atoms with van der Waals surface area (Å²) in [6, 6.07) is 10.1. The summed E-state index contributed by atoms with van der Waals surface area (Å²) in [5.74, 6) is 1.41. The van der Waals surface area contributed by atoms with Crippen LogP contribution in [0.1, 0.15) is 12.5 Å². The number of carbonyl (C=O) groups excluding carboxylic acids is 1. The zero-order valence-corrected chi connectivity index (χ0v) is 17.8. The van der Waals surface area contributed by atoms with Crippen LogP contribution in [-0.2, 0) is 27.9 Å². The number of amides is 1. The number of nitrogens with two attached hydrogens (primary N) is 1. The number of primary sulfonamides is 1. The minimum absolute atomic E-state index is 0.00812. The van der Waals surface area contributed by atoms with Crippen molar-refractivity contribution in [3.63, 3.8) is 0 Å². The molecule has 0 radical (unpaired) electrons. The predicted octanol–water partition coefficient (Wildman–Crippen LogP) is 1.84. The van der Waals surface area contributed by atoms with E-state index in [1.165, 1.54) is 23.9 Å². The van der Waals surface area contributed by atoms with Gasteiger partial charge >= 0.3 is 0 Å². The highest BCUT2D eigenvalue weighted by molar-refractivity contribution is 7.99. The van der Waals surface area contributed by atoms with Crippen LogP contribution >= 0.6 is 11.8 Å².